The van der Waals surface area contributed by atoms with Crippen LogP contribution in [-0.4, -0.2) is 30.4 Å². The van der Waals surface area contributed by atoms with Crippen LogP contribution in [0, 0.1) is 0 Å². The fourth-order valence-corrected chi connectivity index (χ4v) is 3.94. The van der Waals surface area contributed by atoms with Crippen molar-refractivity contribution in [1.82, 2.24) is 10.6 Å². The molecule has 0 aliphatic heterocycles. The van der Waals surface area contributed by atoms with Crippen LogP contribution in [0.25, 0.3) is 0 Å². The number of hydrogen-bond donors (Lipinski definition) is 2. The second-order valence-electron chi connectivity index (χ2n) is 8.52. The molecule has 4 rings (SSSR count). The Kier molecular flexibility index (Phi) is 8.86. The largest absolute Gasteiger partial charge is 0.459 e. The van der Waals surface area contributed by atoms with Crippen LogP contribution in [0.5, 0.6) is 0 Å². The van der Waals surface area contributed by atoms with E-state index in [9.17, 15) is 14.4 Å². The van der Waals surface area contributed by atoms with E-state index in [0.29, 0.717) is 6.42 Å². The molecule has 2 N–H and O–H groups in total. The van der Waals surface area contributed by atoms with Crippen LogP contribution in [0.2, 0.25) is 0 Å². The van der Waals surface area contributed by atoms with Crippen molar-refractivity contribution in [2.75, 3.05) is 6.61 Å². The van der Waals surface area contributed by atoms with Gasteiger partial charge in [-0.25, -0.2) is 4.79 Å². The van der Waals surface area contributed by atoms with Crippen molar-refractivity contribution in [3.8, 4) is 0 Å². The lowest BCUT2D eigenvalue weighted by Gasteiger charge is -2.21. The lowest BCUT2D eigenvalue weighted by atomic mass is 9.99. The Balaban J connectivity index is 1.40. The van der Waals surface area contributed by atoms with Crippen molar-refractivity contribution in [3.63, 3.8) is 0 Å². The van der Waals surface area contributed by atoms with Gasteiger partial charge in [0.05, 0.1) is 12.3 Å². The van der Waals surface area contributed by atoms with E-state index in [1.807, 2.05) is 91.0 Å². The molecule has 0 saturated heterocycles. The summed E-state index contributed by atoms with van der Waals surface area (Å²) in [6, 6.07) is 30.5. The first-order valence-corrected chi connectivity index (χ1v) is 12.0. The molecule has 3 aromatic carbocycles. The van der Waals surface area contributed by atoms with Gasteiger partial charge >= 0.3 is 5.97 Å². The standard InChI is InChI=1S/C30H28N2O5/c33-28(31-25(24-15-8-3-9-16-24)19-22-11-4-1-5-12-22)21-37-30(35)26(20-23-13-6-2-7-14-23)32-29(34)27-17-10-18-36-27/h1-18,25-26H,19-21H2,(H,31,33)(H,32,34)/t25-,26-/m1/s1. The van der Waals surface area contributed by atoms with Crippen molar-refractivity contribution in [1.29, 1.82) is 0 Å². The van der Waals surface area contributed by atoms with Gasteiger partial charge in [-0.05, 0) is 35.2 Å². The third-order valence-corrected chi connectivity index (χ3v) is 5.78. The van der Waals surface area contributed by atoms with Crippen LogP contribution >= 0.6 is 0 Å². The summed E-state index contributed by atoms with van der Waals surface area (Å²) in [5.41, 5.74) is 2.84. The highest BCUT2D eigenvalue weighted by molar-refractivity contribution is 5.94. The van der Waals surface area contributed by atoms with Crippen molar-refractivity contribution in [2.45, 2.75) is 24.9 Å². The molecule has 0 fully saturated rings. The molecule has 0 bridgehead atoms. The van der Waals surface area contributed by atoms with E-state index in [2.05, 4.69) is 10.6 Å². The second kappa shape index (κ2) is 12.9. The third kappa shape index (κ3) is 7.67. The topological polar surface area (TPSA) is 97.6 Å². The van der Waals surface area contributed by atoms with Crippen LogP contribution in [0.3, 0.4) is 0 Å². The summed E-state index contributed by atoms with van der Waals surface area (Å²) in [6.45, 7) is -0.473. The summed E-state index contributed by atoms with van der Waals surface area (Å²) in [5.74, 6) is -1.61. The molecule has 2 amide bonds. The fourth-order valence-electron chi connectivity index (χ4n) is 3.94. The molecule has 1 heterocycles. The predicted molar refractivity (Wildman–Crippen MR) is 139 cm³/mol. The SMILES string of the molecule is O=C(COC(=O)[C@@H](Cc1ccccc1)NC(=O)c1ccco1)N[C@H](Cc1ccccc1)c1ccccc1. The number of ether oxygens (including phenoxy) is 1. The highest BCUT2D eigenvalue weighted by atomic mass is 16.5. The Morgan fingerprint density at radius 3 is 1.89 bits per heavy atom. The van der Waals surface area contributed by atoms with E-state index in [0.717, 1.165) is 16.7 Å². The Labute approximate surface area is 215 Å². The highest BCUT2D eigenvalue weighted by Crippen LogP contribution is 2.18. The fraction of sp³-hybridized carbons (Fsp3) is 0.167. The van der Waals surface area contributed by atoms with Crippen LogP contribution in [0.1, 0.15) is 33.3 Å². The molecule has 0 radical (unpaired) electrons. The van der Waals surface area contributed by atoms with Gasteiger partial charge in [0.25, 0.3) is 11.8 Å². The summed E-state index contributed by atoms with van der Waals surface area (Å²) in [7, 11) is 0. The molecule has 0 aliphatic rings. The van der Waals surface area contributed by atoms with Gasteiger partial charge in [-0.15, -0.1) is 0 Å². The molecule has 0 saturated carbocycles. The number of carbonyl (C=O) groups is 3. The summed E-state index contributed by atoms with van der Waals surface area (Å²) in [6.07, 6.45) is 2.16. The molecule has 4 aromatic rings. The molecular weight excluding hydrogens is 468 g/mol. The maximum atomic E-state index is 13.0. The maximum Gasteiger partial charge on any atom is 0.329 e. The van der Waals surface area contributed by atoms with E-state index in [1.165, 1.54) is 12.3 Å². The van der Waals surface area contributed by atoms with Crippen molar-refractivity contribution in [3.05, 3.63) is 132 Å². The lowest BCUT2D eigenvalue weighted by Crippen LogP contribution is -2.44. The van der Waals surface area contributed by atoms with Gasteiger partial charge in [0.2, 0.25) is 0 Å². The molecule has 37 heavy (non-hydrogen) atoms. The van der Waals surface area contributed by atoms with Gasteiger partial charge in [-0.3, -0.25) is 9.59 Å². The molecule has 2 atom stereocenters. The molecule has 188 valence electrons. The summed E-state index contributed by atoms with van der Waals surface area (Å²) >= 11 is 0. The van der Waals surface area contributed by atoms with Crippen molar-refractivity contribution >= 4 is 17.8 Å². The molecule has 0 spiro atoms. The van der Waals surface area contributed by atoms with Crippen molar-refractivity contribution < 1.29 is 23.5 Å². The number of esters is 1. The first kappa shape index (κ1) is 25.4. The normalized spacial score (nSPS) is 12.2. The average Bonchev–Trinajstić information content (AvgIpc) is 3.48. The molecule has 1 aromatic heterocycles. The second-order valence-corrected chi connectivity index (χ2v) is 8.52. The number of amides is 2. The molecule has 7 nitrogen and oxygen atoms in total. The van der Waals surface area contributed by atoms with Gasteiger partial charge in [-0.1, -0.05) is 91.0 Å². The number of nitrogens with one attached hydrogen (secondary N) is 2. The van der Waals surface area contributed by atoms with Crippen LogP contribution in [-0.2, 0) is 27.2 Å². The van der Waals surface area contributed by atoms with Gasteiger partial charge in [0.15, 0.2) is 12.4 Å². The van der Waals surface area contributed by atoms with Crippen LogP contribution in [0.15, 0.2) is 114 Å². The van der Waals surface area contributed by atoms with Gasteiger partial charge in [0, 0.05) is 6.42 Å². The third-order valence-electron chi connectivity index (χ3n) is 5.78. The monoisotopic (exact) mass is 496 g/mol. The van der Waals surface area contributed by atoms with Gasteiger partial charge in [-0.2, -0.15) is 0 Å². The van der Waals surface area contributed by atoms with Crippen LogP contribution < -0.4 is 10.6 Å². The lowest BCUT2D eigenvalue weighted by molar-refractivity contribution is -0.150. The minimum absolute atomic E-state index is 0.0789. The number of benzene rings is 3. The predicted octanol–water partition coefficient (Wildman–Crippen LogP) is 4.26. The average molecular weight is 497 g/mol. The van der Waals surface area contributed by atoms with E-state index >= 15 is 0 Å². The zero-order valence-corrected chi connectivity index (χ0v) is 20.2. The number of carbonyl (C=O) groups excluding carboxylic acids is 3. The van der Waals surface area contributed by atoms with E-state index in [4.69, 9.17) is 9.15 Å². The number of rotatable bonds is 11. The molecule has 0 unspecified atom stereocenters. The Morgan fingerprint density at radius 1 is 0.703 bits per heavy atom. The van der Waals surface area contributed by atoms with Crippen LogP contribution in [0.4, 0.5) is 0 Å². The summed E-state index contributed by atoms with van der Waals surface area (Å²) in [4.78, 5) is 38.3. The van der Waals surface area contributed by atoms with E-state index in [-0.39, 0.29) is 18.2 Å². The zero-order valence-electron chi connectivity index (χ0n) is 20.2. The summed E-state index contributed by atoms with van der Waals surface area (Å²) in [5, 5.41) is 5.62. The number of furan rings is 1. The minimum Gasteiger partial charge on any atom is -0.459 e. The van der Waals surface area contributed by atoms with Gasteiger partial charge in [0.1, 0.15) is 6.04 Å². The first-order valence-electron chi connectivity index (χ1n) is 12.0. The maximum absolute atomic E-state index is 13.0. The Morgan fingerprint density at radius 2 is 1.30 bits per heavy atom. The minimum atomic E-state index is -0.998. The van der Waals surface area contributed by atoms with Crippen molar-refractivity contribution in [2.24, 2.45) is 0 Å². The summed E-state index contributed by atoms with van der Waals surface area (Å²) < 4.78 is 10.5. The first-order chi connectivity index (χ1) is 18.1. The zero-order chi connectivity index (χ0) is 25.9. The quantitative estimate of drug-likeness (QED) is 0.302. The molecule has 7 heteroatoms. The Hall–Kier alpha value is -4.65. The highest BCUT2D eigenvalue weighted by Gasteiger charge is 2.25. The van der Waals surface area contributed by atoms with E-state index in [1.54, 1.807) is 6.07 Å². The van der Waals surface area contributed by atoms with Gasteiger partial charge < -0.3 is 19.8 Å². The van der Waals surface area contributed by atoms with E-state index < -0.39 is 30.4 Å². The number of hydrogen-bond acceptors (Lipinski definition) is 5. The molecule has 0 aliphatic carbocycles. The Bertz CT molecular complexity index is 1280. The molecular formula is C30H28N2O5. The smallest absolute Gasteiger partial charge is 0.329 e.